The maximum Gasteiger partial charge on any atom is 0.136 e. The molecule has 0 fully saturated rings. The average Bonchev–Trinajstić information content (AvgIpc) is 4.04. The molecule has 11 aromatic carbocycles. The van der Waals surface area contributed by atoms with Crippen molar-refractivity contribution in [2.45, 2.75) is 5.41 Å². The molecule has 0 N–H and O–H groups in total. The third kappa shape index (κ3) is 5.11. The molecule has 0 saturated carbocycles. The van der Waals surface area contributed by atoms with Gasteiger partial charge in [0.25, 0.3) is 0 Å². The van der Waals surface area contributed by atoms with Gasteiger partial charge in [0.2, 0.25) is 0 Å². The molecule has 0 spiro atoms. The molecular weight excluding hydrogens is 789 g/mol. The Balaban J connectivity index is 1.12. The fourth-order valence-electron chi connectivity index (χ4n) is 11.5. The number of rotatable bonds is 5. The fraction of sp³-hybridized carbons (Fsp3) is 0.0159. The van der Waals surface area contributed by atoms with Gasteiger partial charge in [-0.2, -0.15) is 0 Å². The Bertz CT molecular complexity index is 3850. The summed E-state index contributed by atoms with van der Waals surface area (Å²) in [5.74, 6) is 0. The Hall–Kier alpha value is -8.46. The summed E-state index contributed by atoms with van der Waals surface area (Å²) < 4.78 is 13.0. The molecule has 65 heavy (non-hydrogen) atoms. The van der Waals surface area contributed by atoms with Crippen LogP contribution in [0.15, 0.2) is 239 Å². The van der Waals surface area contributed by atoms with E-state index in [-0.39, 0.29) is 0 Å². The molecule has 0 radical (unpaired) electrons. The number of furan rings is 2. The molecular formula is C63H38O2. The predicted octanol–water partition coefficient (Wildman–Crippen LogP) is 17.2. The number of fused-ring (bicyclic) bond motifs is 11. The fourth-order valence-corrected chi connectivity index (χ4v) is 11.5. The van der Waals surface area contributed by atoms with Crippen molar-refractivity contribution in [1.29, 1.82) is 0 Å². The number of hydrogen-bond acceptors (Lipinski definition) is 2. The summed E-state index contributed by atoms with van der Waals surface area (Å²) in [7, 11) is 0. The van der Waals surface area contributed by atoms with Crippen molar-refractivity contribution < 1.29 is 8.83 Å². The Labute approximate surface area is 375 Å². The summed E-state index contributed by atoms with van der Waals surface area (Å²) in [5.41, 5.74) is 17.6. The SMILES string of the molecule is c1ccc(C2(c3ccccc3)c3ccccc3-c3cccc(-c4c5cccc(-c6ccc7c(c6)oc6ccccc67)c5cc5c(-c6ccc7c(c6)oc6ccccc67)cccc45)c32)cc1. The van der Waals surface area contributed by atoms with Crippen LogP contribution in [-0.4, -0.2) is 0 Å². The van der Waals surface area contributed by atoms with Crippen LogP contribution in [0.4, 0.5) is 0 Å². The normalized spacial score (nSPS) is 13.0. The highest BCUT2D eigenvalue weighted by atomic mass is 16.3. The summed E-state index contributed by atoms with van der Waals surface area (Å²) in [6.07, 6.45) is 0. The molecule has 2 heteroatoms. The minimum Gasteiger partial charge on any atom is -0.456 e. The first-order chi connectivity index (χ1) is 32.2. The third-order valence-corrected chi connectivity index (χ3v) is 14.2. The first kappa shape index (κ1) is 36.1. The van der Waals surface area contributed by atoms with Crippen LogP contribution in [0, 0.1) is 0 Å². The van der Waals surface area contributed by atoms with Gasteiger partial charge in [-0.05, 0) is 131 Å². The lowest BCUT2D eigenvalue weighted by molar-refractivity contribution is 0.668. The van der Waals surface area contributed by atoms with Gasteiger partial charge < -0.3 is 8.83 Å². The monoisotopic (exact) mass is 826 g/mol. The Morgan fingerprint density at radius 2 is 0.692 bits per heavy atom. The van der Waals surface area contributed by atoms with E-state index in [4.69, 9.17) is 8.83 Å². The highest BCUT2D eigenvalue weighted by Crippen LogP contribution is 2.60. The smallest absolute Gasteiger partial charge is 0.136 e. The van der Waals surface area contributed by atoms with Crippen molar-refractivity contribution in [1.82, 2.24) is 0 Å². The third-order valence-electron chi connectivity index (χ3n) is 14.2. The van der Waals surface area contributed by atoms with Crippen LogP contribution in [0.5, 0.6) is 0 Å². The quantitative estimate of drug-likeness (QED) is 0.162. The average molecular weight is 827 g/mol. The molecule has 14 rings (SSSR count). The van der Waals surface area contributed by atoms with E-state index < -0.39 is 5.41 Å². The first-order valence-corrected chi connectivity index (χ1v) is 22.4. The van der Waals surface area contributed by atoms with E-state index in [2.05, 4.69) is 218 Å². The summed E-state index contributed by atoms with van der Waals surface area (Å²) in [6.45, 7) is 0. The van der Waals surface area contributed by atoms with E-state index in [9.17, 15) is 0 Å². The highest BCUT2D eigenvalue weighted by Gasteiger charge is 2.47. The van der Waals surface area contributed by atoms with Crippen molar-refractivity contribution >= 4 is 65.4 Å². The van der Waals surface area contributed by atoms with Crippen molar-refractivity contribution in [2.24, 2.45) is 0 Å². The van der Waals surface area contributed by atoms with E-state index in [1.54, 1.807) is 0 Å². The molecule has 0 unspecified atom stereocenters. The van der Waals surface area contributed by atoms with Gasteiger partial charge in [-0.25, -0.2) is 0 Å². The van der Waals surface area contributed by atoms with Gasteiger partial charge >= 0.3 is 0 Å². The standard InChI is InChI=1S/C63H38O2/c1-3-16-41(17-4-1)63(42-18-5-2-6-19-42)56-29-10-7-20-45(56)52-27-15-28-53(62(52)63)61-50-25-13-23-43(39-32-34-48-46-21-8-11-30-57(46)64-59(48)36-39)54(50)38-55-44(24-14-26-51(55)61)40-33-35-49-47-22-9-12-31-58(47)65-60(49)37-40/h1-38H. The molecule has 0 bridgehead atoms. The maximum absolute atomic E-state index is 6.50. The molecule has 1 aliphatic carbocycles. The number of hydrogen-bond donors (Lipinski definition) is 0. The Morgan fingerprint density at radius 3 is 1.28 bits per heavy atom. The molecule has 0 atom stereocenters. The Kier molecular flexibility index (Phi) is 7.64. The van der Waals surface area contributed by atoms with Crippen molar-refractivity contribution in [2.75, 3.05) is 0 Å². The second-order valence-corrected chi connectivity index (χ2v) is 17.4. The second kappa shape index (κ2) is 13.8. The van der Waals surface area contributed by atoms with Crippen LogP contribution in [0.25, 0.3) is 110 Å². The minimum absolute atomic E-state index is 0.590. The molecule has 2 heterocycles. The molecule has 302 valence electrons. The van der Waals surface area contributed by atoms with Gasteiger partial charge in [-0.1, -0.05) is 188 Å². The van der Waals surface area contributed by atoms with Crippen LogP contribution in [0.3, 0.4) is 0 Å². The summed E-state index contributed by atoms with van der Waals surface area (Å²) in [6, 6.07) is 84.4. The highest BCUT2D eigenvalue weighted by molar-refractivity contribution is 6.21. The van der Waals surface area contributed by atoms with E-state index in [0.717, 1.165) is 66.1 Å². The first-order valence-electron chi connectivity index (χ1n) is 22.4. The van der Waals surface area contributed by atoms with Gasteiger partial charge in [-0.3, -0.25) is 0 Å². The zero-order chi connectivity index (χ0) is 42.6. The summed E-state index contributed by atoms with van der Waals surface area (Å²) in [4.78, 5) is 0. The van der Waals surface area contributed by atoms with Crippen molar-refractivity contribution in [3.8, 4) is 44.5 Å². The largest absolute Gasteiger partial charge is 0.456 e. The zero-order valence-electron chi connectivity index (χ0n) is 35.3. The summed E-state index contributed by atoms with van der Waals surface area (Å²) >= 11 is 0. The van der Waals surface area contributed by atoms with E-state index in [0.29, 0.717) is 0 Å². The van der Waals surface area contributed by atoms with Gasteiger partial charge in [0.05, 0.1) is 5.41 Å². The molecule has 2 nitrogen and oxygen atoms in total. The maximum atomic E-state index is 6.50. The van der Waals surface area contributed by atoms with Crippen LogP contribution in [0.1, 0.15) is 22.3 Å². The predicted molar refractivity (Wildman–Crippen MR) is 270 cm³/mol. The van der Waals surface area contributed by atoms with Gasteiger partial charge in [0.1, 0.15) is 22.3 Å². The van der Waals surface area contributed by atoms with Crippen LogP contribution >= 0.6 is 0 Å². The molecule has 1 aliphatic rings. The number of benzene rings is 11. The zero-order valence-corrected chi connectivity index (χ0v) is 35.3. The van der Waals surface area contributed by atoms with E-state index in [1.807, 2.05) is 12.1 Å². The number of para-hydroxylation sites is 2. The summed E-state index contributed by atoms with van der Waals surface area (Å²) in [5, 5.41) is 9.26. The van der Waals surface area contributed by atoms with Crippen molar-refractivity contribution in [3.05, 3.63) is 253 Å². The molecule has 0 amide bonds. The van der Waals surface area contributed by atoms with Crippen LogP contribution in [0.2, 0.25) is 0 Å². The minimum atomic E-state index is -0.590. The lowest BCUT2D eigenvalue weighted by Crippen LogP contribution is -2.29. The second-order valence-electron chi connectivity index (χ2n) is 17.4. The molecule has 2 aromatic heterocycles. The van der Waals surface area contributed by atoms with Gasteiger partial charge in [0, 0.05) is 21.5 Å². The molecule has 0 aliphatic heterocycles. The van der Waals surface area contributed by atoms with Gasteiger partial charge in [0.15, 0.2) is 0 Å². The van der Waals surface area contributed by atoms with E-state index >= 15 is 0 Å². The van der Waals surface area contributed by atoms with Crippen LogP contribution in [-0.2, 0) is 5.41 Å². The van der Waals surface area contributed by atoms with E-state index in [1.165, 1.54) is 66.1 Å². The van der Waals surface area contributed by atoms with Crippen molar-refractivity contribution in [3.63, 3.8) is 0 Å². The Morgan fingerprint density at radius 1 is 0.262 bits per heavy atom. The molecule has 13 aromatic rings. The molecule has 0 saturated heterocycles. The van der Waals surface area contributed by atoms with Crippen LogP contribution < -0.4 is 0 Å². The lowest BCUT2D eigenvalue weighted by atomic mass is 9.65. The lowest BCUT2D eigenvalue weighted by Gasteiger charge is -2.35. The topological polar surface area (TPSA) is 26.3 Å². The van der Waals surface area contributed by atoms with Gasteiger partial charge in [-0.15, -0.1) is 0 Å².